The van der Waals surface area contributed by atoms with E-state index in [1.54, 1.807) is 23.1 Å². The molecule has 0 radical (unpaired) electrons. The highest BCUT2D eigenvalue weighted by Gasteiger charge is 2.18. The Bertz CT molecular complexity index is 960. The van der Waals surface area contributed by atoms with Crippen molar-refractivity contribution in [3.8, 4) is 11.3 Å². The van der Waals surface area contributed by atoms with Crippen LogP contribution in [0.1, 0.15) is 26.4 Å². The number of aryl methyl sites for hydroxylation is 3. The van der Waals surface area contributed by atoms with Crippen molar-refractivity contribution in [1.82, 2.24) is 4.98 Å². The van der Waals surface area contributed by atoms with Crippen LogP contribution in [0.3, 0.4) is 0 Å². The van der Waals surface area contributed by atoms with E-state index in [1.165, 1.54) is 35.1 Å². The zero-order valence-corrected chi connectivity index (χ0v) is 17.7. The van der Waals surface area contributed by atoms with E-state index in [1.807, 2.05) is 17.7 Å². The highest BCUT2D eigenvalue weighted by Crippen LogP contribution is 2.39. The molecule has 4 nitrogen and oxygen atoms in total. The third kappa shape index (κ3) is 3.79. The number of nitrogens with zero attached hydrogens (tertiary/aromatic N) is 1. The number of aromatic nitrogens is 1. The number of rotatable bonds is 5. The maximum atomic E-state index is 11.8. The molecule has 7 heteroatoms. The number of hydrogen-bond donors (Lipinski definition) is 1. The van der Waals surface area contributed by atoms with E-state index in [0.29, 0.717) is 4.88 Å². The van der Waals surface area contributed by atoms with Gasteiger partial charge in [-0.2, -0.15) is 0 Å². The highest BCUT2D eigenvalue weighted by atomic mass is 32.2. The van der Waals surface area contributed by atoms with Gasteiger partial charge in [0, 0.05) is 16.6 Å². The fraction of sp³-hybridized carbons (Fsp3) is 0.263. The second kappa shape index (κ2) is 7.82. The maximum absolute atomic E-state index is 11.8. The Balaban J connectivity index is 1.90. The van der Waals surface area contributed by atoms with Gasteiger partial charge in [-0.05, 0) is 55.9 Å². The normalized spacial score (nSPS) is 10.8. The molecule has 0 saturated heterocycles. The predicted molar refractivity (Wildman–Crippen MR) is 112 cm³/mol. The van der Waals surface area contributed by atoms with Gasteiger partial charge in [0.15, 0.2) is 5.13 Å². The fourth-order valence-electron chi connectivity index (χ4n) is 2.57. The van der Waals surface area contributed by atoms with Crippen molar-refractivity contribution >= 4 is 51.2 Å². The average molecular weight is 405 g/mol. The van der Waals surface area contributed by atoms with E-state index in [-0.39, 0.29) is 5.97 Å². The van der Waals surface area contributed by atoms with Gasteiger partial charge in [-0.15, -0.1) is 34.4 Å². The summed E-state index contributed by atoms with van der Waals surface area (Å²) in [5.74, 6) is -0.309. The van der Waals surface area contributed by atoms with Crippen LogP contribution in [0.5, 0.6) is 0 Å². The van der Waals surface area contributed by atoms with Gasteiger partial charge in [0.1, 0.15) is 4.88 Å². The van der Waals surface area contributed by atoms with Crippen LogP contribution in [0.4, 0.5) is 10.8 Å². The molecule has 1 N–H and O–H groups in total. The van der Waals surface area contributed by atoms with Crippen molar-refractivity contribution in [1.29, 1.82) is 0 Å². The number of thiazole rings is 1. The number of thioether (sulfide) groups is 1. The second-order valence-corrected chi connectivity index (χ2v) is 8.91. The Hall–Kier alpha value is -1.83. The second-order valence-electron chi connectivity index (χ2n) is 5.92. The number of nitrogens with one attached hydrogen (secondary N) is 1. The van der Waals surface area contributed by atoms with E-state index in [4.69, 9.17) is 9.72 Å². The van der Waals surface area contributed by atoms with Crippen molar-refractivity contribution in [2.24, 2.45) is 0 Å². The molecule has 0 unspecified atom stereocenters. The first-order valence-corrected chi connectivity index (χ1v) is 10.9. The van der Waals surface area contributed by atoms with E-state index in [2.05, 4.69) is 38.2 Å². The molecular formula is C19H20N2O2S3. The Morgan fingerprint density at radius 3 is 2.58 bits per heavy atom. The first kappa shape index (κ1) is 18.9. The number of benzene rings is 1. The molecule has 0 aliphatic rings. The SMILES string of the molecule is COC(=O)c1cc(-c2csc(Nc3cc(C)c(C)cc3C)n2)c(SC)s1. The lowest BCUT2D eigenvalue weighted by Crippen LogP contribution is -1.97. The van der Waals surface area contributed by atoms with Crippen LogP contribution < -0.4 is 5.32 Å². The summed E-state index contributed by atoms with van der Waals surface area (Å²) in [5.41, 5.74) is 6.64. The molecule has 0 bridgehead atoms. The smallest absolute Gasteiger partial charge is 0.348 e. The van der Waals surface area contributed by atoms with Crippen molar-refractivity contribution in [2.45, 2.75) is 25.0 Å². The molecule has 26 heavy (non-hydrogen) atoms. The number of thiophene rings is 1. The minimum atomic E-state index is -0.309. The Morgan fingerprint density at radius 1 is 1.15 bits per heavy atom. The van der Waals surface area contributed by atoms with Gasteiger partial charge in [0.25, 0.3) is 0 Å². The third-order valence-electron chi connectivity index (χ3n) is 4.13. The lowest BCUT2D eigenvalue weighted by Gasteiger charge is -2.10. The molecule has 0 spiro atoms. The zero-order valence-electron chi connectivity index (χ0n) is 15.3. The highest BCUT2D eigenvalue weighted by molar-refractivity contribution is 8.00. The van der Waals surface area contributed by atoms with Gasteiger partial charge in [0.2, 0.25) is 0 Å². The third-order valence-corrected chi connectivity index (χ3v) is 7.14. The van der Waals surface area contributed by atoms with Crippen LogP contribution in [0, 0.1) is 20.8 Å². The fourth-order valence-corrected chi connectivity index (χ4v) is 5.10. The van der Waals surface area contributed by atoms with Crippen molar-refractivity contribution in [3.05, 3.63) is 45.1 Å². The lowest BCUT2D eigenvalue weighted by molar-refractivity contribution is 0.0606. The van der Waals surface area contributed by atoms with Crippen LogP contribution >= 0.6 is 34.4 Å². The van der Waals surface area contributed by atoms with Crippen LogP contribution in [0.15, 0.2) is 27.8 Å². The topological polar surface area (TPSA) is 51.2 Å². The molecule has 0 aliphatic carbocycles. The van der Waals surface area contributed by atoms with Crippen LogP contribution in [0.25, 0.3) is 11.3 Å². The number of carbonyl (C=O) groups excluding carboxylic acids is 1. The van der Waals surface area contributed by atoms with Gasteiger partial charge in [-0.1, -0.05) is 6.07 Å². The summed E-state index contributed by atoms with van der Waals surface area (Å²) in [5, 5.41) is 6.27. The van der Waals surface area contributed by atoms with Gasteiger partial charge in [-0.25, -0.2) is 9.78 Å². The number of ether oxygens (including phenoxy) is 1. The number of anilines is 2. The number of carbonyl (C=O) groups is 1. The molecule has 2 heterocycles. The summed E-state index contributed by atoms with van der Waals surface area (Å²) < 4.78 is 5.90. The number of hydrogen-bond acceptors (Lipinski definition) is 7. The number of esters is 1. The summed E-state index contributed by atoms with van der Waals surface area (Å²) in [4.78, 5) is 17.1. The van der Waals surface area contributed by atoms with Crippen molar-refractivity contribution in [3.63, 3.8) is 0 Å². The standard InChI is InChI=1S/C19H20N2O2S3/c1-10-6-12(3)14(7-11(10)2)20-19-21-15(9-25-19)13-8-16(17(22)23-4)26-18(13)24-5/h6-9H,1-5H3,(H,20,21). The van der Waals surface area contributed by atoms with E-state index in [0.717, 1.165) is 26.3 Å². The summed E-state index contributed by atoms with van der Waals surface area (Å²) in [6.07, 6.45) is 2.00. The molecule has 0 amide bonds. The van der Waals surface area contributed by atoms with Gasteiger partial charge in [0.05, 0.1) is 17.0 Å². The van der Waals surface area contributed by atoms with Crippen molar-refractivity contribution in [2.75, 3.05) is 18.7 Å². The molecule has 3 aromatic rings. The molecule has 136 valence electrons. The van der Waals surface area contributed by atoms with Gasteiger partial charge < -0.3 is 10.1 Å². The monoisotopic (exact) mass is 404 g/mol. The predicted octanol–water partition coefficient (Wildman–Crippen LogP) is 6.05. The molecular weight excluding hydrogens is 384 g/mol. The Labute approximate surface area is 165 Å². The maximum Gasteiger partial charge on any atom is 0.348 e. The zero-order chi connectivity index (χ0) is 18.8. The molecule has 0 saturated carbocycles. The van der Waals surface area contributed by atoms with Gasteiger partial charge >= 0.3 is 5.97 Å². The van der Waals surface area contributed by atoms with Crippen LogP contribution in [-0.2, 0) is 4.74 Å². The molecule has 0 fully saturated rings. The Kier molecular flexibility index (Phi) is 5.70. The molecule has 3 rings (SSSR count). The first-order valence-electron chi connectivity index (χ1n) is 7.99. The molecule has 1 aromatic carbocycles. The summed E-state index contributed by atoms with van der Waals surface area (Å²) >= 11 is 4.61. The molecule has 0 atom stereocenters. The largest absolute Gasteiger partial charge is 0.465 e. The summed E-state index contributed by atoms with van der Waals surface area (Å²) in [6, 6.07) is 6.20. The average Bonchev–Trinajstić information content (AvgIpc) is 3.25. The minimum Gasteiger partial charge on any atom is -0.465 e. The summed E-state index contributed by atoms with van der Waals surface area (Å²) in [7, 11) is 1.40. The van der Waals surface area contributed by atoms with E-state index in [9.17, 15) is 4.79 Å². The van der Waals surface area contributed by atoms with Crippen LogP contribution in [0.2, 0.25) is 0 Å². The quantitative estimate of drug-likeness (QED) is 0.414. The minimum absolute atomic E-state index is 0.309. The summed E-state index contributed by atoms with van der Waals surface area (Å²) in [6.45, 7) is 6.32. The van der Waals surface area contributed by atoms with Gasteiger partial charge in [-0.3, -0.25) is 0 Å². The Morgan fingerprint density at radius 2 is 1.88 bits per heavy atom. The van der Waals surface area contributed by atoms with Crippen LogP contribution in [-0.4, -0.2) is 24.3 Å². The first-order chi connectivity index (χ1) is 12.4. The molecule has 0 aliphatic heterocycles. The van der Waals surface area contributed by atoms with Crippen molar-refractivity contribution < 1.29 is 9.53 Å². The molecule has 2 aromatic heterocycles. The number of methoxy groups -OCH3 is 1. The van der Waals surface area contributed by atoms with E-state index >= 15 is 0 Å². The lowest BCUT2D eigenvalue weighted by atomic mass is 10.1. The van der Waals surface area contributed by atoms with E-state index < -0.39 is 0 Å².